The quantitative estimate of drug-likeness (QED) is 0.769. The molecule has 5 heteroatoms. The molecule has 0 bridgehead atoms. The maximum atomic E-state index is 11.6. The van der Waals surface area contributed by atoms with E-state index in [1.54, 1.807) is 13.8 Å². The predicted octanol–water partition coefficient (Wildman–Crippen LogP) is 1.77. The van der Waals surface area contributed by atoms with E-state index in [1.807, 2.05) is 0 Å². The van der Waals surface area contributed by atoms with Crippen molar-refractivity contribution in [3.8, 4) is 0 Å². The first kappa shape index (κ1) is 13.7. The Morgan fingerprint density at radius 1 is 1.53 bits per heavy atom. The number of aromatic nitrogens is 2. The number of aryl methyl sites for hydroxylation is 1. The summed E-state index contributed by atoms with van der Waals surface area (Å²) in [4.78, 5) is 18.8. The smallest absolute Gasteiger partial charge is 0.358 e. The molecule has 2 N–H and O–H groups in total. The van der Waals surface area contributed by atoms with Crippen LogP contribution in [0.4, 0.5) is 0 Å². The van der Waals surface area contributed by atoms with Crippen LogP contribution in [0.2, 0.25) is 0 Å². The molecule has 1 aromatic heterocycles. The Morgan fingerprint density at radius 3 is 2.65 bits per heavy atom. The van der Waals surface area contributed by atoms with Gasteiger partial charge in [-0.05, 0) is 20.3 Å². The van der Waals surface area contributed by atoms with Gasteiger partial charge in [0, 0.05) is 6.42 Å². The van der Waals surface area contributed by atoms with E-state index in [1.165, 1.54) is 7.11 Å². The van der Waals surface area contributed by atoms with Gasteiger partial charge in [0.2, 0.25) is 0 Å². The molecule has 1 heterocycles. The zero-order chi connectivity index (χ0) is 13.1. The summed E-state index contributed by atoms with van der Waals surface area (Å²) in [5.41, 5.74) is -0.553. The predicted molar refractivity (Wildman–Crippen MR) is 63.8 cm³/mol. The molecule has 0 aromatic carbocycles. The van der Waals surface area contributed by atoms with E-state index in [0.29, 0.717) is 11.5 Å². The number of ether oxygens (including phenoxy) is 1. The lowest BCUT2D eigenvalue weighted by atomic mass is 10.0. The Kier molecular flexibility index (Phi) is 4.28. The minimum Gasteiger partial charge on any atom is -0.464 e. The summed E-state index contributed by atoms with van der Waals surface area (Å²) in [5.74, 6) is 0.186. The molecule has 1 rings (SSSR count). The second kappa shape index (κ2) is 5.31. The molecule has 0 fully saturated rings. The highest BCUT2D eigenvalue weighted by Crippen LogP contribution is 2.22. The number of hydrogen-bond acceptors (Lipinski definition) is 4. The monoisotopic (exact) mass is 240 g/mol. The molecular formula is C12H20N2O3. The average molecular weight is 240 g/mol. The van der Waals surface area contributed by atoms with Crippen molar-refractivity contribution in [2.75, 3.05) is 7.11 Å². The molecule has 0 atom stereocenters. The zero-order valence-corrected chi connectivity index (χ0v) is 10.8. The number of unbranched alkanes of at least 4 members (excludes halogenated alkanes) is 1. The van der Waals surface area contributed by atoms with Crippen molar-refractivity contribution in [3.63, 3.8) is 0 Å². The molecular weight excluding hydrogens is 220 g/mol. The second-order valence-corrected chi connectivity index (χ2v) is 4.56. The molecule has 0 saturated heterocycles. The molecule has 0 unspecified atom stereocenters. The minimum absolute atomic E-state index is 0.172. The number of hydrogen-bond donors (Lipinski definition) is 2. The molecule has 5 nitrogen and oxygen atoms in total. The van der Waals surface area contributed by atoms with Crippen molar-refractivity contribution in [2.45, 2.75) is 45.6 Å². The van der Waals surface area contributed by atoms with Gasteiger partial charge < -0.3 is 14.8 Å². The molecule has 0 aliphatic carbocycles. The lowest BCUT2D eigenvalue weighted by molar-refractivity contribution is 0.0539. The number of carbonyl (C=O) groups is 1. The fourth-order valence-corrected chi connectivity index (χ4v) is 1.57. The molecule has 17 heavy (non-hydrogen) atoms. The maximum absolute atomic E-state index is 11.6. The van der Waals surface area contributed by atoms with Crippen LogP contribution in [0.5, 0.6) is 0 Å². The third-order valence-corrected chi connectivity index (χ3v) is 2.51. The standard InChI is InChI=1S/C12H20N2O3/c1-5-6-7-8-13-9(11(15)17-4)10(14-8)12(2,3)16/h16H,5-7H2,1-4H3,(H,13,14). The Labute approximate surface area is 101 Å². The van der Waals surface area contributed by atoms with E-state index >= 15 is 0 Å². The third-order valence-electron chi connectivity index (χ3n) is 2.51. The molecule has 0 radical (unpaired) electrons. The van der Waals surface area contributed by atoms with E-state index in [4.69, 9.17) is 0 Å². The molecule has 0 aliphatic heterocycles. The van der Waals surface area contributed by atoms with Gasteiger partial charge >= 0.3 is 5.97 Å². The number of methoxy groups -OCH3 is 1. The summed E-state index contributed by atoms with van der Waals surface area (Å²) in [6.45, 7) is 5.30. The van der Waals surface area contributed by atoms with Crippen LogP contribution >= 0.6 is 0 Å². The van der Waals surface area contributed by atoms with Gasteiger partial charge in [0.25, 0.3) is 0 Å². The molecule has 96 valence electrons. The number of aromatic amines is 1. The molecule has 0 aliphatic rings. The summed E-state index contributed by atoms with van der Waals surface area (Å²) >= 11 is 0. The molecule has 0 saturated carbocycles. The van der Waals surface area contributed by atoms with E-state index in [-0.39, 0.29) is 5.69 Å². The number of carbonyl (C=O) groups excluding carboxylic acids is 1. The number of esters is 1. The number of rotatable bonds is 5. The zero-order valence-electron chi connectivity index (χ0n) is 10.8. The van der Waals surface area contributed by atoms with Crippen LogP contribution in [0, 0.1) is 0 Å². The van der Waals surface area contributed by atoms with Gasteiger partial charge in [0.15, 0.2) is 5.69 Å². The van der Waals surface area contributed by atoms with Crippen molar-refractivity contribution in [1.82, 2.24) is 9.97 Å². The summed E-state index contributed by atoms with van der Waals surface area (Å²) in [5, 5.41) is 9.97. The Balaban J connectivity index is 3.08. The first-order valence-electron chi connectivity index (χ1n) is 5.80. The lowest BCUT2D eigenvalue weighted by Gasteiger charge is -2.16. The highest BCUT2D eigenvalue weighted by Gasteiger charge is 2.28. The number of nitrogens with zero attached hydrogens (tertiary/aromatic N) is 1. The van der Waals surface area contributed by atoms with Crippen LogP contribution in [-0.4, -0.2) is 28.2 Å². The molecule has 0 amide bonds. The number of aliphatic hydroxyl groups is 1. The van der Waals surface area contributed by atoms with Gasteiger partial charge in [0.05, 0.1) is 12.8 Å². The van der Waals surface area contributed by atoms with Crippen LogP contribution in [0.3, 0.4) is 0 Å². The van der Waals surface area contributed by atoms with Crippen molar-refractivity contribution in [3.05, 3.63) is 17.2 Å². The average Bonchev–Trinajstić information content (AvgIpc) is 2.69. The maximum Gasteiger partial charge on any atom is 0.358 e. The summed E-state index contributed by atoms with van der Waals surface area (Å²) in [6, 6.07) is 0. The highest BCUT2D eigenvalue weighted by atomic mass is 16.5. The van der Waals surface area contributed by atoms with Crippen molar-refractivity contribution in [2.24, 2.45) is 0 Å². The van der Waals surface area contributed by atoms with Gasteiger partial charge in [-0.15, -0.1) is 0 Å². The number of imidazole rings is 1. The van der Waals surface area contributed by atoms with Crippen LogP contribution in [0.1, 0.15) is 55.6 Å². The second-order valence-electron chi connectivity index (χ2n) is 4.56. The van der Waals surface area contributed by atoms with Crippen molar-refractivity contribution in [1.29, 1.82) is 0 Å². The Hall–Kier alpha value is -1.36. The first-order valence-corrected chi connectivity index (χ1v) is 5.80. The van der Waals surface area contributed by atoms with Crippen LogP contribution < -0.4 is 0 Å². The Bertz CT molecular complexity index is 391. The largest absolute Gasteiger partial charge is 0.464 e. The fourth-order valence-electron chi connectivity index (χ4n) is 1.57. The van der Waals surface area contributed by atoms with Gasteiger partial charge in [-0.2, -0.15) is 0 Å². The molecule has 0 spiro atoms. The number of nitrogens with one attached hydrogen (secondary N) is 1. The fraction of sp³-hybridized carbons (Fsp3) is 0.667. The highest BCUT2D eigenvalue weighted by molar-refractivity contribution is 5.88. The van der Waals surface area contributed by atoms with E-state index in [2.05, 4.69) is 21.6 Å². The topological polar surface area (TPSA) is 75.2 Å². The SMILES string of the molecule is CCCCc1nc(C(=O)OC)c(C(C)(C)O)[nH]1. The molecule has 1 aromatic rings. The first-order chi connectivity index (χ1) is 7.90. The van der Waals surface area contributed by atoms with Crippen LogP contribution in [0.25, 0.3) is 0 Å². The lowest BCUT2D eigenvalue weighted by Crippen LogP contribution is -2.20. The van der Waals surface area contributed by atoms with Gasteiger partial charge in [-0.3, -0.25) is 0 Å². The van der Waals surface area contributed by atoms with Crippen molar-refractivity contribution >= 4 is 5.97 Å². The van der Waals surface area contributed by atoms with Crippen LogP contribution in [0.15, 0.2) is 0 Å². The van der Waals surface area contributed by atoms with Crippen molar-refractivity contribution < 1.29 is 14.6 Å². The summed E-state index contributed by atoms with van der Waals surface area (Å²) in [7, 11) is 1.30. The van der Waals surface area contributed by atoms with Gasteiger partial charge in [-0.25, -0.2) is 9.78 Å². The summed E-state index contributed by atoms with van der Waals surface area (Å²) in [6.07, 6.45) is 2.79. The summed E-state index contributed by atoms with van der Waals surface area (Å²) < 4.78 is 4.66. The minimum atomic E-state index is -1.14. The van der Waals surface area contributed by atoms with Crippen LogP contribution in [-0.2, 0) is 16.8 Å². The van der Waals surface area contributed by atoms with E-state index in [9.17, 15) is 9.90 Å². The van der Waals surface area contributed by atoms with E-state index < -0.39 is 11.6 Å². The third kappa shape index (κ3) is 3.30. The van der Waals surface area contributed by atoms with E-state index in [0.717, 1.165) is 19.3 Å². The van der Waals surface area contributed by atoms with Gasteiger partial charge in [0.1, 0.15) is 11.4 Å². The van der Waals surface area contributed by atoms with Gasteiger partial charge in [-0.1, -0.05) is 13.3 Å². The Morgan fingerprint density at radius 2 is 2.18 bits per heavy atom. The normalized spacial score (nSPS) is 11.6. The number of H-pyrrole nitrogens is 1.